The lowest BCUT2D eigenvalue weighted by Gasteiger charge is -2.13. The number of hydrogen-bond donors (Lipinski definition) is 0. The van der Waals surface area contributed by atoms with E-state index >= 15 is 0 Å². The van der Waals surface area contributed by atoms with Crippen LogP contribution in [-0.2, 0) is 13.1 Å². The van der Waals surface area contributed by atoms with E-state index in [0.29, 0.717) is 36.4 Å². The van der Waals surface area contributed by atoms with Gasteiger partial charge >= 0.3 is 0 Å². The molecule has 0 N–H and O–H groups in total. The van der Waals surface area contributed by atoms with Crippen LogP contribution in [0.15, 0.2) is 64.3 Å². The quantitative estimate of drug-likeness (QED) is 0.525. The Kier molecular flexibility index (Phi) is 4.48. The molecule has 0 aliphatic rings. The van der Waals surface area contributed by atoms with E-state index in [9.17, 15) is 0 Å². The molecular weight excluding hydrogens is 332 g/mol. The van der Waals surface area contributed by atoms with Gasteiger partial charge in [-0.3, -0.25) is 9.88 Å². The van der Waals surface area contributed by atoms with Crippen LogP contribution in [0.25, 0.3) is 23.0 Å². The Morgan fingerprint density at radius 3 is 2.54 bits per heavy atom. The van der Waals surface area contributed by atoms with E-state index in [1.54, 1.807) is 31.1 Å². The summed E-state index contributed by atoms with van der Waals surface area (Å²) in [5, 5.41) is 4.01. The van der Waals surface area contributed by atoms with Crippen molar-refractivity contribution in [3.05, 3.63) is 66.8 Å². The van der Waals surface area contributed by atoms with Gasteiger partial charge in [0.15, 0.2) is 11.6 Å². The largest absolute Gasteiger partial charge is 0.461 e. The fourth-order valence-electron chi connectivity index (χ4n) is 2.51. The molecule has 4 aromatic heterocycles. The molecule has 0 aliphatic carbocycles. The summed E-state index contributed by atoms with van der Waals surface area (Å²) >= 11 is 0. The maximum Gasteiger partial charge on any atom is 0.241 e. The molecule has 0 atom stereocenters. The van der Waals surface area contributed by atoms with Crippen molar-refractivity contribution in [2.45, 2.75) is 13.1 Å². The van der Waals surface area contributed by atoms with Gasteiger partial charge in [0.2, 0.25) is 11.7 Å². The third-order valence-electron chi connectivity index (χ3n) is 3.71. The second kappa shape index (κ2) is 7.24. The molecule has 4 rings (SSSR count). The van der Waals surface area contributed by atoms with Gasteiger partial charge < -0.3 is 8.94 Å². The molecule has 0 unspecified atom stereocenters. The lowest BCUT2D eigenvalue weighted by atomic mass is 10.2. The topological polar surface area (TPSA) is 94.0 Å². The van der Waals surface area contributed by atoms with Gasteiger partial charge in [0, 0.05) is 42.5 Å². The van der Waals surface area contributed by atoms with E-state index in [2.05, 4.69) is 30.0 Å². The highest BCUT2D eigenvalue weighted by Crippen LogP contribution is 2.16. The SMILES string of the molecule is CN(Cc1cnc(-c2ccco2)nc1)Cc1nc(-c2ccncc2)no1. The summed E-state index contributed by atoms with van der Waals surface area (Å²) in [6.07, 6.45) is 8.58. The van der Waals surface area contributed by atoms with Crippen LogP contribution in [0.3, 0.4) is 0 Å². The predicted octanol–water partition coefficient (Wildman–Crippen LogP) is 2.81. The van der Waals surface area contributed by atoms with Crippen molar-refractivity contribution >= 4 is 0 Å². The Labute approximate surface area is 149 Å². The fourth-order valence-corrected chi connectivity index (χ4v) is 2.51. The van der Waals surface area contributed by atoms with Crippen molar-refractivity contribution in [3.8, 4) is 23.0 Å². The Bertz CT molecular complexity index is 951. The molecule has 26 heavy (non-hydrogen) atoms. The molecule has 0 aliphatic heterocycles. The van der Waals surface area contributed by atoms with Crippen molar-refractivity contribution in [1.82, 2.24) is 30.0 Å². The third-order valence-corrected chi connectivity index (χ3v) is 3.71. The molecule has 0 bridgehead atoms. The lowest BCUT2D eigenvalue weighted by Crippen LogP contribution is -2.17. The number of hydrogen-bond acceptors (Lipinski definition) is 8. The highest BCUT2D eigenvalue weighted by Gasteiger charge is 2.12. The second-order valence-electron chi connectivity index (χ2n) is 5.81. The maximum atomic E-state index is 5.33. The van der Waals surface area contributed by atoms with Crippen molar-refractivity contribution in [1.29, 1.82) is 0 Å². The first-order valence-electron chi connectivity index (χ1n) is 8.04. The number of furan rings is 1. The zero-order chi connectivity index (χ0) is 17.8. The fraction of sp³-hybridized carbons (Fsp3) is 0.167. The van der Waals surface area contributed by atoms with Gasteiger partial charge in [0.05, 0.1) is 12.8 Å². The van der Waals surface area contributed by atoms with Gasteiger partial charge in [-0.25, -0.2) is 9.97 Å². The summed E-state index contributed by atoms with van der Waals surface area (Å²) < 4.78 is 10.6. The molecule has 0 amide bonds. The maximum absolute atomic E-state index is 5.33. The predicted molar refractivity (Wildman–Crippen MR) is 92.4 cm³/mol. The summed E-state index contributed by atoms with van der Waals surface area (Å²) in [5.74, 6) is 2.33. The van der Waals surface area contributed by atoms with Gasteiger partial charge in [-0.05, 0) is 31.3 Å². The molecule has 0 aromatic carbocycles. The molecule has 0 fully saturated rings. The standard InChI is InChI=1S/C18H16N6O2/c1-24(11-13-9-20-18(21-10-13)15-3-2-8-25-15)12-16-22-17(23-26-16)14-4-6-19-7-5-14/h2-10H,11-12H2,1H3. The Morgan fingerprint density at radius 2 is 1.81 bits per heavy atom. The summed E-state index contributed by atoms with van der Waals surface area (Å²) in [5.41, 5.74) is 1.86. The summed E-state index contributed by atoms with van der Waals surface area (Å²) in [6.45, 7) is 1.18. The summed E-state index contributed by atoms with van der Waals surface area (Å²) in [4.78, 5) is 19.1. The highest BCUT2D eigenvalue weighted by atomic mass is 16.5. The van der Waals surface area contributed by atoms with Gasteiger partial charge in [0.1, 0.15) is 0 Å². The number of pyridine rings is 1. The van der Waals surface area contributed by atoms with E-state index in [0.717, 1.165) is 11.1 Å². The van der Waals surface area contributed by atoms with E-state index < -0.39 is 0 Å². The van der Waals surface area contributed by atoms with Crippen molar-refractivity contribution in [2.24, 2.45) is 0 Å². The van der Waals surface area contributed by atoms with E-state index in [1.165, 1.54) is 0 Å². The van der Waals surface area contributed by atoms with E-state index in [4.69, 9.17) is 8.94 Å². The molecule has 0 saturated carbocycles. The molecular formula is C18H16N6O2. The normalized spacial score (nSPS) is 11.2. The van der Waals surface area contributed by atoms with Crippen LogP contribution in [0.5, 0.6) is 0 Å². The van der Waals surface area contributed by atoms with Gasteiger partial charge in [-0.1, -0.05) is 5.16 Å². The third kappa shape index (κ3) is 3.65. The Morgan fingerprint density at radius 1 is 1.00 bits per heavy atom. The van der Waals surface area contributed by atoms with Crippen LogP contribution in [0, 0.1) is 0 Å². The van der Waals surface area contributed by atoms with Crippen molar-refractivity contribution < 1.29 is 8.94 Å². The zero-order valence-corrected chi connectivity index (χ0v) is 14.1. The van der Waals surface area contributed by atoms with E-state index in [1.807, 2.05) is 31.3 Å². The smallest absolute Gasteiger partial charge is 0.241 e. The van der Waals surface area contributed by atoms with Crippen LogP contribution < -0.4 is 0 Å². The molecule has 130 valence electrons. The molecule has 4 heterocycles. The number of nitrogens with zero attached hydrogens (tertiary/aromatic N) is 6. The van der Waals surface area contributed by atoms with Crippen LogP contribution in [-0.4, -0.2) is 37.0 Å². The number of rotatable bonds is 6. The summed E-state index contributed by atoms with van der Waals surface area (Å²) in [6, 6.07) is 7.33. The zero-order valence-electron chi connectivity index (χ0n) is 14.1. The molecule has 8 heteroatoms. The Hall–Kier alpha value is -3.39. The van der Waals surface area contributed by atoms with Crippen molar-refractivity contribution in [3.63, 3.8) is 0 Å². The average Bonchev–Trinajstić information content (AvgIpc) is 3.35. The minimum atomic E-state index is 0.526. The van der Waals surface area contributed by atoms with Crippen LogP contribution in [0.2, 0.25) is 0 Å². The second-order valence-corrected chi connectivity index (χ2v) is 5.81. The first kappa shape index (κ1) is 16.1. The van der Waals surface area contributed by atoms with Crippen LogP contribution >= 0.6 is 0 Å². The highest BCUT2D eigenvalue weighted by molar-refractivity contribution is 5.52. The van der Waals surface area contributed by atoms with Crippen molar-refractivity contribution in [2.75, 3.05) is 7.05 Å². The van der Waals surface area contributed by atoms with Gasteiger partial charge in [-0.15, -0.1) is 0 Å². The molecule has 0 radical (unpaired) electrons. The van der Waals surface area contributed by atoms with Crippen LogP contribution in [0.1, 0.15) is 11.5 Å². The average molecular weight is 348 g/mol. The lowest BCUT2D eigenvalue weighted by molar-refractivity contribution is 0.260. The van der Waals surface area contributed by atoms with E-state index in [-0.39, 0.29) is 0 Å². The minimum Gasteiger partial charge on any atom is -0.461 e. The summed E-state index contributed by atoms with van der Waals surface area (Å²) in [7, 11) is 1.97. The monoisotopic (exact) mass is 348 g/mol. The molecule has 4 aromatic rings. The number of aromatic nitrogens is 5. The minimum absolute atomic E-state index is 0.526. The first-order valence-corrected chi connectivity index (χ1v) is 8.04. The van der Waals surface area contributed by atoms with Gasteiger partial charge in [0.25, 0.3) is 0 Å². The molecule has 8 nitrogen and oxygen atoms in total. The van der Waals surface area contributed by atoms with Crippen LogP contribution in [0.4, 0.5) is 0 Å². The van der Waals surface area contributed by atoms with Gasteiger partial charge in [-0.2, -0.15) is 4.98 Å². The Balaban J connectivity index is 1.38. The first-order chi connectivity index (χ1) is 12.8. The molecule has 0 saturated heterocycles. The molecule has 0 spiro atoms.